The molecule has 32 heavy (non-hydrogen) atoms. The number of nitrogens with zero attached hydrogens (tertiary/aromatic N) is 2. The highest BCUT2D eigenvalue weighted by Crippen LogP contribution is 2.33. The van der Waals surface area contributed by atoms with Gasteiger partial charge in [0.05, 0.1) is 22.5 Å². The number of aromatic amines is 1. The van der Waals surface area contributed by atoms with E-state index in [1.54, 1.807) is 0 Å². The lowest BCUT2D eigenvalue weighted by molar-refractivity contribution is -0.118. The Morgan fingerprint density at radius 3 is 2.53 bits per heavy atom. The lowest BCUT2D eigenvalue weighted by Gasteiger charge is -2.15. The molecule has 0 aliphatic heterocycles. The summed E-state index contributed by atoms with van der Waals surface area (Å²) < 4.78 is 0. The Bertz CT molecular complexity index is 1550. The van der Waals surface area contributed by atoms with E-state index in [-0.39, 0.29) is 34.0 Å². The Balaban J connectivity index is 1.75. The minimum atomic E-state index is -1.21. The first-order valence-electron chi connectivity index (χ1n) is 9.58. The highest BCUT2D eigenvalue weighted by molar-refractivity contribution is 6.24. The average molecular weight is 426 g/mol. The maximum Gasteiger partial charge on any atom is 0.354 e. The van der Waals surface area contributed by atoms with Gasteiger partial charge in [0, 0.05) is 29.3 Å². The van der Waals surface area contributed by atoms with Crippen molar-refractivity contribution in [1.29, 1.82) is 0 Å². The van der Waals surface area contributed by atoms with Crippen molar-refractivity contribution in [2.45, 2.75) is 6.92 Å². The minimum absolute atomic E-state index is 0.0927. The summed E-state index contributed by atoms with van der Waals surface area (Å²) in [5.74, 6) is -2.78. The number of ketones is 2. The van der Waals surface area contributed by atoms with Gasteiger partial charge in [0.25, 0.3) is 0 Å². The predicted molar refractivity (Wildman–Crippen MR) is 114 cm³/mol. The maximum absolute atomic E-state index is 12.8. The van der Waals surface area contributed by atoms with Gasteiger partial charge in [0.15, 0.2) is 5.78 Å². The van der Waals surface area contributed by atoms with Gasteiger partial charge in [-0.25, -0.2) is 14.8 Å². The summed E-state index contributed by atoms with van der Waals surface area (Å²) in [7, 11) is 0. The third-order valence-electron chi connectivity index (χ3n) is 5.16. The fourth-order valence-corrected chi connectivity index (χ4v) is 3.79. The van der Waals surface area contributed by atoms with Crippen LogP contribution in [-0.4, -0.2) is 43.5 Å². The van der Waals surface area contributed by atoms with Gasteiger partial charge in [-0.05, 0) is 24.3 Å². The molecule has 1 amide bonds. The van der Waals surface area contributed by atoms with Gasteiger partial charge in [-0.1, -0.05) is 18.2 Å². The zero-order chi connectivity index (χ0) is 22.6. The number of amides is 1. The molecular weight excluding hydrogens is 412 g/mol. The summed E-state index contributed by atoms with van der Waals surface area (Å²) in [5, 5.41) is 13.4. The van der Waals surface area contributed by atoms with Crippen LogP contribution in [0.5, 0.6) is 0 Å². The lowest BCUT2D eigenvalue weighted by atomic mass is 9.96. The van der Waals surface area contributed by atoms with E-state index in [1.165, 1.54) is 25.1 Å². The number of H-pyrrole nitrogens is 1. The smallest absolute Gasteiger partial charge is 0.354 e. The molecule has 4 aromatic rings. The molecule has 5 rings (SSSR count). The number of nitrogens with one attached hydrogen (secondary N) is 2. The molecule has 0 fully saturated rings. The lowest BCUT2D eigenvalue weighted by Crippen LogP contribution is -2.30. The van der Waals surface area contributed by atoms with E-state index in [2.05, 4.69) is 20.3 Å². The van der Waals surface area contributed by atoms with Gasteiger partial charge in [-0.3, -0.25) is 14.4 Å². The highest BCUT2D eigenvalue weighted by Gasteiger charge is 2.29. The van der Waals surface area contributed by atoms with Crippen molar-refractivity contribution < 1.29 is 24.3 Å². The van der Waals surface area contributed by atoms with E-state index in [1.807, 2.05) is 24.3 Å². The third-order valence-corrected chi connectivity index (χ3v) is 5.16. The second-order valence-corrected chi connectivity index (χ2v) is 7.28. The second-order valence-electron chi connectivity index (χ2n) is 7.28. The van der Waals surface area contributed by atoms with Crippen LogP contribution in [0.2, 0.25) is 0 Å². The van der Waals surface area contributed by atoms with E-state index in [0.717, 1.165) is 17.0 Å². The number of Topliss-reactive ketones (excluding diaryl/α,β-unsaturated/α-hetero) is 1. The van der Waals surface area contributed by atoms with Crippen LogP contribution in [0.15, 0.2) is 54.2 Å². The van der Waals surface area contributed by atoms with Crippen LogP contribution >= 0.6 is 0 Å². The maximum atomic E-state index is 12.8. The number of aromatic carboxylic acids is 1. The molecule has 0 radical (unpaired) electrons. The summed E-state index contributed by atoms with van der Waals surface area (Å²) in [4.78, 5) is 60.2. The van der Waals surface area contributed by atoms with Gasteiger partial charge in [-0.2, -0.15) is 0 Å². The van der Waals surface area contributed by atoms with Crippen molar-refractivity contribution in [1.82, 2.24) is 20.3 Å². The molecule has 0 saturated carbocycles. The number of carbonyl (C=O) groups is 4. The number of carboxylic acids is 1. The molecule has 3 N–H and O–H groups in total. The first kappa shape index (κ1) is 19.3. The summed E-state index contributed by atoms with van der Waals surface area (Å²) in [5.41, 5.74) is 1.40. The Morgan fingerprint density at radius 2 is 1.78 bits per heavy atom. The van der Waals surface area contributed by atoms with Crippen LogP contribution in [0.3, 0.4) is 0 Å². The molecule has 1 aliphatic carbocycles. The number of rotatable bonds is 3. The average Bonchev–Trinajstić information content (AvgIpc) is 3.14. The number of aromatic nitrogens is 3. The zero-order valence-electron chi connectivity index (χ0n) is 16.6. The molecular formula is C23H14N4O5. The van der Waals surface area contributed by atoms with Crippen LogP contribution in [0.25, 0.3) is 33.2 Å². The standard InChI is InChI=1S/C23H14N4O5/c1-10(28)24-16-9-18(29)12-6-7-15(26-20(12)22(16)30)21-19-13(8-17(27-21)23(31)32)11-4-2-3-5-14(11)25-19/h2-9,25H,1H3,(H,24,28)(H,31,32). The van der Waals surface area contributed by atoms with Gasteiger partial charge >= 0.3 is 5.97 Å². The van der Waals surface area contributed by atoms with Gasteiger partial charge < -0.3 is 15.4 Å². The van der Waals surface area contributed by atoms with Crippen LogP contribution in [0.1, 0.15) is 38.3 Å². The topological polar surface area (TPSA) is 142 Å². The third kappa shape index (κ3) is 2.95. The Kier molecular flexibility index (Phi) is 4.19. The molecule has 0 atom stereocenters. The van der Waals surface area contributed by atoms with Gasteiger partial charge in [0.1, 0.15) is 17.1 Å². The minimum Gasteiger partial charge on any atom is -0.477 e. The molecule has 1 aromatic carbocycles. The fourth-order valence-electron chi connectivity index (χ4n) is 3.79. The van der Waals surface area contributed by atoms with Crippen molar-refractivity contribution in [3.8, 4) is 11.4 Å². The number of hydrogen-bond donors (Lipinski definition) is 3. The van der Waals surface area contributed by atoms with E-state index in [9.17, 15) is 24.3 Å². The number of allylic oxidation sites excluding steroid dienone is 2. The number of para-hydroxylation sites is 1. The number of hydrogen-bond acceptors (Lipinski definition) is 6. The van der Waals surface area contributed by atoms with E-state index >= 15 is 0 Å². The fraction of sp³-hybridized carbons (Fsp3) is 0.0435. The molecule has 9 nitrogen and oxygen atoms in total. The summed E-state index contributed by atoms with van der Waals surface area (Å²) in [6.45, 7) is 1.23. The molecule has 1 aliphatic rings. The number of pyridine rings is 2. The van der Waals surface area contributed by atoms with E-state index in [4.69, 9.17) is 0 Å². The van der Waals surface area contributed by atoms with Crippen molar-refractivity contribution in [2.24, 2.45) is 0 Å². The predicted octanol–water partition coefficient (Wildman–Crippen LogP) is 2.88. The van der Waals surface area contributed by atoms with Crippen LogP contribution < -0.4 is 5.32 Å². The van der Waals surface area contributed by atoms with Crippen molar-refractivity contribution in [3.05, 3.63) is 71.2 Å². The Hall–Kier alpha value is -4.66. The van der Waals surface area contributed by atoms with Gasteiger partial charge in [0.2, 0.25) is 11.7 Å². The second kappa shape index (κ2) is 6.95. The van der Waals surface area contributed by atoms with Crippen molar-refractivity contribution in [2.75, 3.05) is 0 Å². The highest BCUT2D eigenvalue weighted by atomic mass is 16.4. The first-order valence-corrected chi connectivity index (χ1v) is 9.58. The van der Waals surface area contributed by atoms with Crippen LogP contribution in [-0.2, 0) is 4.79 Å². The normalized spacial score (nSPS) is 13.2. The Morgan fingerprint density at radius 1 is 1.00 bits per heavy atom. The largest absolute Gasteiger partial charge is 0.477 e. The molecule has 156 valence electrons. The van der Waals surface area contributed by atoms with Crippen molar-refractivity contribution in [3.63, 3.8) is 0 Å². The quantitative estimate of drug-likeness (QED) is 0.457. The molecule has 3 heterocycles. The molecule has 3 aromatic heterocycles. The van der Waals surface area contributed by atoms with Crippen LogP contribution in [0, 0.1) is 0 Å². The summed E-state index contributed by atoms with van der Waals surface area (Å²) in [6, 6.07) is 11.8. The Labute approximate surface area is 179 Å². The zero-order valence-corrected chi connectivity index (χ0v) is 16.6. The number of carboxylic acid groups (broad SMARTS) is 1. The number of carbonyl (C=O) groups excluding carboxylic acids is 3. The van der Waals surface area contributed by atoms with E-state index < -0.39 is 23.4 Å². The summed E-state index contributed by atoms with van der Waals surface area (Å²) >= 11 is 0. The number of benzene rings is 1. The number of fused-ring (bicyclic) bond motifs is 4. The van der Waals surface area contributed by atoms with Crippen LogP contribution in [0.4, 0.5) is 0 Å². The SMILES string of the molecule is CC(=O)NC1=CC(=O)c2ccc(-c3nc(C(=O)O)cc4c3[nH]c3ccccc34)nc2C1=O. The summed E-state index contributed by atoms with van der Waals surface area (Å²) in [6.07, 6.45) is 1.06. The monoisotopic (exact) mass is 426 g/mol. The molecule has 0 bridgehead atoms. The molecule has 9 heteroatoms. The molecule has 0 unspecified atom stereocenters. The molecule has 0 saturated heterocycles. The first-order chi connectivity index (χ1) is 15.3. The van der Waals surface area contributed by atoms with E-state index in [0.29, 0.717) is 10.9 Å². The van der Waals surface area contributed by atoms with Crippen molar-refractivity contribution >= 4 is 45.2 Å². The molecule has 0 spiro atoms. The van der Waals surface area contributed by atoms with Gasteiger partial charge in [-0.15, -0.1) is 0 Å².